The number of benzene rings is 2. The van der Waals surface area contributed by atoms with E-state index in [1.54, 1.807) is 30.6 Å². The van der Waals surface area contributed by atoms with Crippen molar-refractivity contribution in [2.75, 3.05) is 12.4 Å². The Balaban J connectivity index is 0.00000420. The SMILES string of the molecule is COc1cc2c(c3c1OC(C)(C)C3)C(c1cccc(NC(=O)C(C)(C)NC(=O)C(F)(F)F)c1)=NC(C)(C)C2.Cl. The zero-order valence-electron chi connectivity index (χ0n) is 22.9. The van der Waals surface area contributed by atoms with Crippen LogP contribution in [-0.4, -0.2) is 47.5 Å². The van der Waals surface area contributed by atoms with Crippen molar-refractivity contribution in [2.24, 2.45) is 4.99 Å². The molecule has 0 saturated carbocycles. The Morgan fingerprint density at radius 1 is 1.05 bits per heavy atom. The molecule has 4 rings (SSSR count). The number of halogens is 4. The minimum Gasteiger partial charge on any atom is -0.493 e. The summed E-state index contributed by atoms with van der Waals surface area (Å²) in [5, 5.41) is 4.37. The number of nitrogens with one attached hydrogen (secondary N) is 2. The Morgan fingerprint density at radius 3 is 2.33 bits per heavy atom. The lowest BCUT2D eigenvalue weighted by atomic mass is 9.81. The van der Waals surface area contributed by atoms with E-state index in [1.807, 2.05) is 39.8 Å². The maximum absolute atomic E-state index is 12.8. The number of ether oxygens (including phenoxy) is 2. The number of methoxy groups -OCH3 is 1. The second-order valence-electron chi connectivity index (χ2n) is 11.5. The Labute approximate surface area is 232 Å². The van der Waals surface area contributed by atoms with Gasteiger partial charge in [-0.1, -0.05) is 12.1 Å². The van der Waals surface area contributed by atoms with Gasteiger partial charge in [-0.15, -0.1) is 12.4 Å². The molecule has 7 nitrogen and oxygen atoms in total. The average molecular weight is 568 g/mol. The van der Waals surface area contributed by atoms with Gasteiger partial charge >= 0.3 is 12.1 Å². The van der Waals surface area contributed by atoms with E-state index >= 15 is 0 Å². The summed E-state index contributed by atoms with van der Waals surface area (Å²) in [5.74, 6) is -1.61. The predicted molar refractivity (Wildman–Crippen MR) is 145 cm³/mol. The summed E-state index contributed by atoms with van der Waals surface area (Å²) in [6.45, 7) is 10.5. The van der Waals surface area contributed by atoms with Gasteiger partial charge in [0.25, 0.3) is 0 Å². The molecular formula is C28H33ClF3N3O4. The number of aliphatic imine (C=N–C) groups is 1. The van der Waals surface area contributed by atoms with Crippen LogP contribution in [0.3, 0.4) is 0 Å². The van der Waals surface area contributed by atoms with E-state index in [0.717, 1.165) is 28.0 Å². The molecule has 0 atom stereocenters. The van der Waals surface area contributed by atoms with Gasteiger partial charge in [0.2, 0.25) is 5.91 Å². The predicted octanol–water partition coefficient (Wildman–Crippen LogP) is 5.40. The smallest absolute Gasteiger partial charge is 0.471 e. The number of anilines is 1. The fourth-order valence-electron chi connectivity index (χ4n) is 4.87. The van der Waals surface area contributed by atoms with Crippen LogP contribution in [0, 0.1) is 0 Å². The first-order chi connectivity index (χ1) is 17.4. The van der Waals surface area contributed by atoms with Gasteiger partial charge in [0.15, 0.2) is 11.5 Å². The third-order valence-corrected chi connectivity index (χ3v) is 6.55. The number of carbonyl (C=O) groups excluding carboxylic acids is 2. The molecule has 0 saturated heterocycles. The van der Waals surface area contributed by atoms with Crippen LogP contribution in [0.15, 0.2) is 35.3 Å². The van der Waals surface area contributed by atoms with Crippen LogP contribution >= 0.6 is 12.4 Å². The number of carbonyl (C=O) groups is 2. The van der Waals surface area contributed by atoms with E-state index in [-0.39, 0.29) is 12.4 Å². The van der Waals surface area contributed by atoms with Gasteiger partial charge in [0.05, 0.1) is 18.4 Å². The summed E-state index contributed by atoms with van der Waals surface area (Å²) in [6.07, 6.45) is -3.75. The Bertz CT molecular complexity index is 1350. The molecule has 0 unspecified atom stereocenters. The highest BCUT2D eigenvalue weighted by Gasteiger charge is 2.43. The quantitative estimate of drug-likeness (QED) is 0.506. The van der Waals surface area contributed by atoms with E-state index in [1.165, 1.54) is 13.8 Å². The topological polar surface area (TPSA) is 89.0 Å². The lowest BCUT2D eigenvalue weighted by molar-refractivity contribution is -0.175. The van der Waals surface area contributed by atoms with Crippen molar-refractivity contribution in [3.8, 4) is 11.5 Å². The second-order valence-corrected chi connectivity index (χ2v) is 11.5. The first kappa shape index (κ1) is 30.3. The van der Waals surface area contributed by atoms with Gasteiger partial charge in [-0.2, -0.15) is 13.2 Å². The van der Waals surface area contributed by atoms with Crippen LogP contribution in [0.2, 0.25) is 0 Å². The molecule has 0 aromatic heterocycles. The van der Waals surface area contributed by atoms with E-state index in [9.17, 15) is 22.8 Å². The van der Waals surface area contributed by atoms with Gasteiger partial charge < -0.3 is 20.1 Å². The van der Waals surface area contributed by atoms with Gasteiger partial charge in [-0.05, 0) is 71.7 Å². The number of alkyl halides is 3. The highest BCUT2D eigenvalue weighted by atomic mass is 35.5. The average Bonchev–Trinajstić information content (AvgIpc) is 3.11. The van der Waals surface area contributed by atoms with E-state index < -0.39 is 34.7 Å². The van der Waals surface area contributed by atoms with Crippen molar-refractivity contribution in [3.05, 3.63) is 52.6 Å². The van der Waals surface area contributed by atoms with Crippen LogP contribution in [-0.2, 0) is 22.4 Å². The molecule has 0 aliphatic carbocycles. The molecule has 0 bridgehead atoms. The van der Waals surface area contributed by atoms with Gasteiger partial charge in [0.1, 0.15) is 11.1 Å². The van der Waals surface area contributed by atoms with Crippen molar-refractivity contribution >= 4 is 35.6 Å². The molecule has 2 amide bonds. The molecule has 2 aliphatic rings. The van der Waals surface area contributed by atoms with Crippen LogP contribution in [0.1, 0.15) is 63.8 Å². The first-order valence-electron chi connectivity index (χ1n) is 12.3. The summed E-state index contributed by atoms with van der Waals surface area (Å²) in [5.41, 5.74) is 2.21. The molecule has 2 aliphatic heterocycles. The van der Waals surface area contributed by atoms with Crippen LogP contribution in [0.25, 0.3) is 0 Å². The molecule has 2 aromatic carbocycles. The van der Waals surface area contributed by atoms with Gasteiger partial charge in [-0.3, -0.25) is 14.6 Å². The van der Waals surface area contributed by atoms with E-state index in [4.69, 9.17) is 14.5 Å². The molecule has 39 heavy (non-hydrogen) atoms. The number of rotatable bonds is 5. The highest BCUT2D eigenvalue weighted by molar-refractivity contribution is 6.16. The maximum Gasteiger partial charge on any atom is 0.471 e. The summed E-state index contributed by atoms with van der Waals surface area (Å²) < 4.78 is 50.1. The summed E-state index contributed by atoms with van der Waals surface area (Å²) in [4.78, 5) is 29.3. The Morgan fingerprint density at radius 2 is 1.72 bits per heavy atom. The molecule has 0 spiro atoms. The molecular weight excluding hydrogens is 535 g/mol. The summed E-state index contributed by atoms with van der Waals surface area (Å²) in [7, 11) is 1.62. The Hall–Kier alpha value is -3.27. The number of hydrogen-bond acceptors (Lipinski definition) is 5. The van der Waals surface area contributed by atoms with Gasteiger partial charge in [-0.25, -0.2) is 0 Å². The maximum atomic E-state index is 12.8. The first-order valence-corrected chi connectivity index (χ1v) is 12.3. The Kier molecular flexibility index (Phi) is 7.79. The second kappa shape index (κ2) is 10.0. The zero-order valence-corrected chi connectivity index (χ0v) is 23.7. The number of amides is 2. The molecule has 0 radical (unpaired) electrons. The molecule has 2 aromatic rings. The third-order valence-electron chi connectivity index (χ3n) is 6.55. The third kappa shape index (κ3) is 6.16. The van der Waals surface area contributed by atoms with Crippen molar-refractivity contribution in [3.63, 3.8) is 0 Å². The summed E-state index contributed by atoms with van der Waals surface area (Å²) in [6, 6.07) is 8.95. The molecule has 11 heteroatoms. The van der Waals surface area contributed by atoms with E-state index in [0.29, 0.717) is 30.0 Å². The lowest BCUT2D eigenvalue weighted by Crippen LogP contribution is -2.55. The number of hydrogen-bond donors (Lipinski definition) is 2. The normalized spacial score (nSPS) is 17.0. The van der Waals surface area contributed by atoms with Crippen molar-refractivity contribution in [1.29, 1.82) is 0 Å². The summed E-state index contributed by atoms with van der Waals surface area (Å²) >= 11 is 0. The minimum atomic E-state index is -5.10. The largest absolute Gasteiger partial charge is 0.493 e. The highest BCUT2D eigenvalue weighted by Crippen LogP contribution is 2.48. The fourth-order valence-corrected chi connectivity index (χ4v) is 4.87. The van der Waals surface area contributed by atoms with Gasteiger partial charge in [0, 0.05) is 28.8 Å². The van der Waals surface area contributed by atoms with Crippen molar-refractivity contribution in [1.82, 2.24) is 5.32 Å². The molecule has 2 N–H and O–H groups in total. The van der Waals surface area contributed by atoms with Crippen LogP contribution < -0.4 is 20.1 Å². The monoisotopic (exact) mass is 567 g/mol. The fraction of sp³-hybridized carbons (Fsp3) is 0.464. The minimum absolute atomic E-state index is 0. The molecule has 2 heterocycles. The van der Waals surface area contributed by atoms with E-state index in [2.05, 4.69) is 5.32 Å². The number of fused-ring (bicyclic) bond motifs is 3. The molecule has 0 fully saturated rings. The standard InChI is InChI=1S/C28H32F3N3O4.ClH/c1-25(2)13-16-12-19(37-7)22-18(14-26(3,4)38-22)20(16)21(33-25)15-9-8-10-17(11-15)32-23(35)27(5,6)34-24(36)28(29,30)31;/h8-12H,13-14H2,1-7H3,(H,32,35)(H,34,36);1H. The number of nitrogens with zero attached hydrogens (tertiary/aromatic N) is 1. The van der Waals surface area contributed by atoms with Crippen LogP contribution in [0.5, 0.6) is 11.5 Å². The zero-order chi connectivity index (χ0) is 28.3. The lowest BCUT2D eigenvalue weighted by Gasteiger charge is -2.31. The van der Waals surface area contributed by atoms with Crippen LogP contribution in [0.4, 0.5) is 18.9 Å². The van der Waals surface area contributed by atoms with Crippen molar-refractivity contribution in [2.45, 2.75) is 77.2 Å². The van der Waals surface area contributed by atoms with Crippen molar-refractivity contribution < 1.29 is 32.2 Å². The molecule has 212 valence electrons.